The average Bonchev–Trinajstić information content (AvgIpc) is 2.79. The second-order valence-electron chi connectivity index (χ2n) is 4.56. The molecule has 0 saturated carbocycles. The van der Waals surface area contributed by atoms with Gasteiger partial charge in [-0.25, -0.2) is 9.18 Å². The number of aromatic nitrogens is 2. The van der Waals surface area contributed by atoms with Crippen LogP contribution in [0.3, 0.4) is 0 Å². The molecule has 6 nitrogen and oxygen atoms in total. The molecule has 18 heavy (non-hydrogen) atoms. The number of alkyl halides is 1. The zero-order valence-electron chi connectivity index (χ0n) is 9.98. The molecule has 1 aromatic rings. The molecule has 0 radical (unpaired) electrons. The number of H-pyrrole nitrogens is 1. The number of ether oxygens (including phenoxy) is 1. The van der Waals surface area contributed by atoms with Gasteiger partial charge in [0.2, 0.25) is 0 Å². The van der Waals surface area contributed by atoms with E-state index >= 15 is 0 Å². The van der Waals surface area contributed by atoms with Crippen molar-refractivity contribution < 1.29 is 14.2 Å². The van der Waals surface area contributed by atoms with Gasteiger partial charge < -0.3 is 9.84 Å². The second-order valence-corrected chi connectivity index (χ2v) is 4.56. The summed E-state index contributed by atoms with van der Waals surface area (Å²) in [7, 11) is 0. The van der Waals surface area contributed by atoms with E-state index in [-0.39, 0.29) is 0 Å². The van der Waals surface area contributed by atoms with Gasteiger partial charge in [0.05, 0.1) is 6.61 Å². The van der Waals surface area contributed by atoms with Crippen LogP contribution in [0.5, 0.6) is 0 Å². The van der Waals surface area contributed by atoms with Crippen molar-refractivity contribution in [3.63, 3.8) is 0 Å². The lowest BCUT2D eigenvalue weighted by Gasteiger charge is -2.24. The number of aliphatic hydroxyl groups excluding tert-OH is 1. The molecule has 1 aliphatic rings. The Morgan fingerprint density at radius 3 is 2.94 bits per heavy atom. The molecule has 100 valence electrons. The van der Waals surface area contributed by atoms with E-state index in [1.807, 2.05) is 0 Å². The first-order valence-electron chi connectivity index (χ1n) is 5.68. The Morgan fingerprint density at radius 2 is 2.39 bits per heavy atom. The highest BCUT2D eigenvalue weighted by atomic mass is 19.1. The zero-order valence-corrected chi connectivity index (χ0v) is 9.98. The van der Waals surface area contributed by atoms with Crippen molar-refractivity contribution in [1.29, 1.82) is 0 Å². The molecule has 2 atom stereocenters. The van der Waals surface area contributed by atoms with Crippen LogP contribution in [0.2, 0.25) is 0 Å². The second kappa shape index (κ2) is 4.66. The lowest BCUT2D eigenvalue weighted by molar-refractivity contribution is -0.109. The lowest BCUT2D eigenvalue weighted by Crippen LogP contribution is -2.38. The van der Waals surface area contributed by atoms with Crippen molar-refractivity contribution in [1.82, 2.24) is 9.55 Å². The molecule has 0 spiro atoms. The van der Waals surface area contributed by atoms with Gasteiger partial charge in [0.1, 0.15) is 18.5 Å². The molecule has 0 aromatic carbocycles. The molecule has 1 aromatic heterocycles. The molecule has 0 unspecified atom stereocenters. The highest BCUT2D eigenvalue weighted by Gasteiger charge is 2.41. The van der Waals surface area contributed by atoms with Gasteiger partial charge in [-0.1, -0.05) is 0 Å². The van der Waals surface area contributed by atoms with Crippen LogP contribution in [0, 0.1) is 6.92 Å². The molecule has 1 fully saturated rings. The number of rotatable bonds is 3. The van der Waals surface area contributed by atoms with Crippen molar-refractivity contribution in [2.45, 2.75) is 31.6 Å². The SMILES string of the molecule is Cc1cn([C@H]2CC[C@@](CO)(CF)O2)c(=O)[nH]c1=O. The van der Waals surface area contributed by atoms with E-state index in [1.165, 1.54) is 10.8 Å². The summed E-state index contributed by atoms with van der Waals surface area (Å²) >= 11 is 0. The lowest BCUT2D eigenvalue weighted by atomic mass is 10.0. The minimum atomic E-state index is -1.23. The largest absolute Gasteiger partial charge is 0.393 e. The quantitative estimate of drug-likeness (QED) is 0.790. The van der Waals surface area contributed by atoms with Crippen LogP contribution in [0.25, 0.3) is 0 Å². The molecule has 1 saturated heterocycles. The monoisotopic (exact) mass is 258 g/mol. The molecule has 0 bridgehead atoms. The minimum Gasteiger partial charge on any atom is -0.393 e. The molecule has 2 rings (SSSR count). The molecule has 0 amide bonds. The Labute approximate surface area is 102 Å². The summed E-state index contributed by atoms with van der Waals surface area (Å²) in [6.07, 6.45) is 1.47. The van der Waals surface area contributed by atoms with Crippen molar-refractivity contribution in [2.75, 3.05) is 13.3 Å². The van der Waals surface area contributed by atoms with Crippen LogP contribution in [-0.4, -0.2) is 33.5 Å². The fourth-order valence-electron chi connectivity index (χ4n) is 2.05. The molecular formula is C11H15FN2O4. The average molecular weight is 258 g/mol. The molecule has 2 heterocycles. The Morgan fingerprint density at radius 1 is 1.67 bits per heavy atom. The Hall–Kier alpha value is -1.47. The predicted molar refractivity (Wildman–Crippen MR) is 61.2 cm³/mol. The molecule has 0 aliphatic carbocycles. The third kappa shape index (κ3) is 2.11. The van der Waals surface area contributed by atoms with Gasteiger partial charge in [0, 0.05) is 11.8 Å². The van der Waals surface area contributed by atoms with Crippen LogP contribution in [0.1, 0.15) is 24.6 Å². The van der Waals surface area contributed by atoms with Gasteiger partial charge in [0.25, 0.3) is 5.56 Å². The number of hydrogen-bond acceptors (Lipinski definition) is 4. The van der Waals surface area contributed by atoms with Crippen molar-refractivity contribution >= 4 is 0 Å². The third-order valence-electron chi connectivity index (χ3n) is 3.22. The Balaban J connectivity index is 2.33. The summed E-state index contributed by atoms with van der Waals surface area (Å²) in [6.45, 7) is 0.326. The van der Waals surface area contributed by atoms with Crippen molar-refractivity contribution in [3.8, 4) is 0 Å². The fraction of sp³-hybridized carbons (Fsp3) is 0.636. The summed E-state index contributed by atoms with van der Waals surface area (Å²) in [5, 5.41) is 9.14. The van der Waals surface area contributed by atoms with E-state index in [0.717, 1.165) is 0 Å². The number of aromatic amines is 1. The van der Waals surface area contributed by atoms with E-state index in [4.69, 9.17) is 9.84 Å². The fourth-order valence-corrected chi connectivity index (χ4v) is 2.05. The highest BCUT2D eigenvalue weighted by Crippen LogP contribution is 2.35. The van der Waals surface area contributed by atoms with Crippen LogP contribution in [0.4, 0.5) is 4.39 Å². The van der Waals surface area contributed by atoms with Gasteiger partial charge in [-0.2, -0.15) is 0 Å². The summed E-state index contributed by atoms with van der Waals surface area (Å²) < 4.78 is 19.5. The van der Waals surface area contributed by atoms with E-state index < -0.39 is 36.4 Å². The zero-order chi connectivity index (χ0) is 13.3. The molecular weight excluding hydrogens is 243 g/mol. The Bertz CT molecular complexity index is 547. The number of nitrogens with zero attached hydrogens (tertiary/aromatic N) is 1. The Kier molecular flexibility index (Phi) is 3.36. The maximum atomic E-state index is 12.9. The number of hydrogen-bond donors (Lipinski definition) is 2. The maximum absolute atomic E-state index is 12.9. The maximum Gasteiger partial charge on any atom is 0.330 e. The van der Waals surface area contributed by atoms with Crippen LogP contribution in [-0.2, 0) is 4.74 Å². The van der Waals surface area contributed by atoms with Gasteiger partial charge >= 0.3 is 5.69 Å². The molecule has 1 aliphatic heterocycles. The van der Waals surface area contributed by atoms with E-state index in [9.17, 15) is 14.0 Å². The van der Waals surface area contributed by atoms with Crippen molar-refractivity contribution in [3.05, 3.63) is 32.6 Å². The first-order valence-corrected chi connectivity index (χ1v) is 5.68. The van der Waals surface area contributed by atoms with Gasteiger partial charge in [-0.15, -0.1) is 0 Å². The van der Waals surface area contributed by atoms with Gasteiger partial charge in [0.15, 0.2) is 0 Å². The number of aliphatic hydroxyl groups is 1. The summed E-state index contributed by atoms with van der Waals surface area (Å²) in [5.41, 5.74) is -1.90. The van der Waals surface area contributed by atoms with Crippen LogP contribution < -0.4 is 11.2 Å². The first kappa shape index (κ1) is 13.0. The number of aryl methyl sites for hydroxylation is 1. The normalized spacial score (nSPS) is 27.6. The smallest absolute Gasteiger partial charge is 0.330 e. The third-order valence-corrected chi connectivity index (χ3v) is 3.22. The first-order chi connectivity index (χ1) is 8.51. The van der Waals surface area contributed by atoms with E-state index in [1.54, 1.807) is 6.92 Å². The highest BCUT2D eigenvalue weighted by molar-refractivity contribution is 5.02. The summed E-state index contributed by atoms with van der Waals surface area (Å²) in [4.78, 5) is 25.0. The van der Waals surface area contributed by atoms with Crippen LogP contribution >= 0.6 is 0 Å². The standard InChI is InChI=1S/C11H15FN2O4/c1-7-4-14(10(17)13-9(7)16)8-2-3-11(5-12,6-15)18-8/h4,8,15H,2-3,5-6H2,1H3,(H,13,16,17)/t8-,11+/m1/s1. The number of nitrogens with one attached hydrogen (secondary N) is 1. The van der Waals surface area contributed by atoms with Crippen LogP contribution in [0.15, 0.2) is 15.8 Å². The van der Waals surface area contributed by atoms with Gasteiger partial charge in [-0.05, 0) is 19.8 Å². The summed E-state index contributed by atoms with van der Waals surface area (Å²) in [5.74, 6) is 0. The van der Waals surface area contributed by atoms with Gasteiger partial charge in [-0.3, -0.25) is 14.3 Å². The molecule has 7 heteroatoms. The summed E-state index contributed by atoms with van der Waals surface area (Å²) in [6, 6.07) is 0. The van der Waals surface area contributed by atoms with E-state index in [2.05, 4.69) is 4.98 Å². The van der Waals surface area contributed by atoms with Crippen molar-refractivity contribution in [2.24, 2.45) is 0 Å². The minimum absolute atomic E-state index is 0.329. The number of halogens is 1. The topological polar surface area (TPSA) is 84.3 Å². The van der Waals surface area contributed by atoms with E-state index in [0.29, 0.717) is 18.4 Å². The predicted octanol–water partition coefficient (Wildman–Crippen LogP) is -0.145. The molecule has 2 N–H and O–H groups in total.